The Morgan fingerprint density at radius 1 is 1.30 bits per heavy atom. The van der Waals surface area contributed by atoms with E-state index in [9.17, 15) is 4.79 Å². The van der Waals surface area contributed by atoms with Gasteiger partial charge in [0.15, 0.2) is 15.4 Å². The third-order valence-electron chi connectivity index (χ3n) is 2.46. The minimum absolute atomic E-state index is 0.000462. The molecule has 5 nitrogen and oxygen atoms in total. The molecule has 2 heterocycles. The van der Waals surface area contributed by atoms with Crippen LogP contribution in [0.3, 0.4) is 0 Å². The summed E-state index contributed by atoms with van der Waals surface area (Å²) in [5.74, 6) is -0.415. The van der Waals surface area contributed by atoms with Crippen molar-refractivity contribution in [2.24, 2.45) is 0 Å². The summed E-state index contributed by atoms with van der Waals surface area (Å²) in [5, 5.41) is 12.3. The van der Waals surface area contributed by atoms with E-state index in [0.717, 1.165) is 5.69 Å². The zero-order chi connectivity index (χ0) is 14.9. The molecule has 0 atom stereocenters. The molecule has 0 fully saturated rings. The Bertz CT molecular complexity index is 651. The third-order valence-corrected chi connectivity index (χ3v) is 3.68. The Morgan fingerprint density at radius 3 is 2.60 bits per heavy atom. The summed E-state index contributed by atoms with van der Waals surface area (Å²) in [4.78, 5) is 16.5. The number of thiazole rings is 1. The molecule has 2 rings (SSSR count). The first-order chi connectivity index (χ1) is 9.27. The fourth-order valence-electron chi connectivity index (χ4n) is 1.35. The van der Waals surface area contributed by atoms with Crippen LogP contribution in [-0.2, 0) is 5.41 Å². The molecule has 106 valence electrons. The molecule has 0 aliphatic carbocycles. The average molecular weight is 331 g/mol. The number of nitrogens with one attached hydrogen (secondary N) is 1. The second-order valence-corrected chi connectivity index (χ2v) is 6.72. The highest BCUT2D eigenvalue weighted by atomic mass is 35.5. The number of aromatic nitrogens is 3. The smallest absolute Gasteiger partial charge is 0.260 e. The molecule has 1 amide bonds. The van der Waals surface area contributed by atoms with Crippen molar-refractivity contribution in [2.75, 3.05) is 5.32 Å². The molecule has 0 spiro atoms. The van der Waals surface area contributed by atoms with Gasteiger partial charge in [0, 0.05) is 10.8 Å². The topological polar surface area (TPSA) is 67.8 Å². The monoisotopic (exact) mass is 330 g/mol. The van der Waals surface area contributed by atoms with Crippen LogP contribution in [0.2, 0.25) is 10.3 Å². The predicted molar refractivity (Wildman–Crippen MR) is 80.8 cm³/mol. The number of carbonyl (C=O) groups is 1. The first-order valence-electron chi connectivity index (χ1n) is 5.73. The quantitative estimate of drug-likeness (QED) is 0.909. The molecule has 0 aliphatic heterocycles. The van der Waals surface area contributed by atoms with Gasteiger partial charge in [-0.1, -0.05) is 44.0 Å². The summed E-state index contributed by atoms with van der Waals surface area (Å²) in [6, 6.07) is 1.37. The fraction of sp³-hybridized carbons (Fsp3) is 0.333. The molecule has 0 unspecified atom stereocenters. The second-order valence-electron chi connectivity index (χ2n) is 5.11. The van der Waals surface area contributed by atoms with Crippen LogP contribution in [0.5, 0.6) is 0 Å². The van der Waals surface area contributed by atoms with Gasteiger partial charge >= 0.3 is 0 Å². The Morgan fingerprint density at radius 2 is 2.00 bits per heavy atom. The summed E-state index contributed by atoms with van der Waals surface area (Å²) < 4.78 is 0. The van der Waals surface area contributed by atoms with Crippen LogP contribution in [0, 0.1) is 0 Å². The second kappa shape index (κ2) is 5.63. The van der Waals surface area contributed by atoms with Gasteiger partial charge in [-0.05, 0) is 6.07 Å². The molecule has 2 aromatic rings. The van der Waals surface area contributed by atoms with Crippen LogP contribution < -0.4 is 5.32 Å². The van der Waals surface area contributed by atoms with Crippen molar-refractivity contribution >= 4 is 45.6 Å². The average Bonchev–Trinajstić information content (AvgIpc) is 2.80. The number of carbonyl (C=O) groups excluding carboxylic acids is 1. The Kier molecular flexibility index (Phi) is 4.27. The van der Waals surface area contributed by atoms with Crippen LogP contribution in [-0.4, -0.2) is 21.1 Å². The summed E-state index contributed by atoms with van der Waals surface area (Å²) in [6.07, 6.45) is 0. The number of rotatable bonds is 2. The van der Waals surface area contributed by atoms with Crippen molar-refractivity contribution in [1.29, 1.82) is 0 Å². The number of anilines is 1. The lowest BCUT2D eigenvalue weighted by Crippen LogP contribution is -2.15. The molecule has 1 N–H and O–H groups in total. The van der Waals surface area contributed by atoms with Gasteiger partial charge in [-0.15, -0.1) is 21.5 Å². The molecule has 2 aromatic heterocycles. The molecule has 0 saturated carbocycles. The van der Waals surface area contributed by atoms with Gasteiger partial charge in [0.05, 0.1) is 11.3 Å². The van der Waals surface area contributed by atoms with Crippen molar-refractivity contribution in [3.8, 4) is 0 Å². The highest BCUT2D eigenvalue weighted by Crippen LogP contribution is 2.27. The fourth-order valence-corrected chi connectivity index (χ4v) is 2.61. The van der Waals surface area contributed by atoms with E-state index < -0.39 is 5.91 Å². The molecule has 0 aliphatic rings. The number of hydrogen-bond donors (Lipinski definition) is 1. The normalized spacial score (nSPS) is 11.4. The number of nitrogens with zero attached hydrogens (tertiary/aromatic N) is 3. The Hall–Kier alpha value is -1.24. The molecule has 0 saturated heterocycles. The van der Waals surface area contributed by atoms with Crippen molar-refractivity contribution in [3.63, 3.8) is 0 Å². The lowest BCUT2D eigenvalue weighted by molar-refractivity contribution is 0.102. The van der Waals surface area contributed by atoms with Crippen LogP contribution in [0.15, 0.2) is 11.4 Å². The number of hydrogen-bond acceptors (Lipinski definition) is 5. The molecular formula is C12H12Cl2N4OS. The maximum Gasteiger partial charge on any atom is 0.260 e. The van der Waals surface area contributed by atoms with E-state index in [1.807, 2.05) is 5.38 Å². The molecular weight excluding hydrogens is 319 g/mol. The van der Waals surface area contributed by atoms with Gasteiger partial charge in [0.25, 0.3) is 5.91 Å². The predicted octanol–water partition coefficient (Wildman–Crippen LogP) is 3.79. The van der Waals surface area contributed by atoms with Crippen LogP contribution in [0.4, 0.5) is 5.13 Å². The van der Waals surface area contributed by atoms with Crippen molar-refractivity contribution < 1.29 is 4.79 Å². The maximum absolute atomic E-state index is 12.1. The van der Waals surface area contributed by atoms with E-state index in [4.69, 9.17) is 23.2 Å². The van der Waals surface area contributed by atoms with Crippen molar-refractivity contribution in [1.82, 2.24) is 15.2 Å². The van der Waals surface area contributed by atoms with E-state index in [0.29, 0.717) is 5.13 Å². The summed E-state index contributed by atoms with van der Waals surface area (Å²) in [7, 11) is 0. The van der Waals surface area contributed by atoms with Gasteiger partial charge in [0.1, 0.15) is 0 Å². The lowest BCUT2D eigenvalue weighted by Gasteiger charge is -2.14. The highest BCUT2D eigenvalue weighted by molar-refractivity contribution is 7.14. The van der Waals surface area contributed by atoms with Crippen LogP contribution in [0.25, 0.3) is 0 Å². The van der Waals surface area contributed by atoms with E-state index in [1.54, 1.807) is 0 Å². The minimum atomic E-state index is -0.415. The van der Waals surface area contributed by atoms with E-state index >= 15 is 0 Å². The van der Waals surface area contributed by atoms with Gasteiger partial charge in [-0.3, -0.25) is 10.1 Å². The molecule has 20 heavy (non-hydrogen) atoms. The zero-order valence-corrected chi connectivity index (χ0v) is 13.4. The van der Waals surface area contributed by atoms with Gasteiger partial charge < -0.3 is 0 Å². The van der Waals surface area contributed by atoms with E-state index in [-0.39, 0.29) is 21.3 Å². The minimum Gasteiger partial charge on any atom is -0.298 e. The van der Waals surface area contributed by atoms with Crippen molar-refractivity contribution in [2.45, 2.75) is 26.2 Å². The Balaban J connectivity index is 2.20. The standard InChI is InChI=1S/C12H12Cl2N4OS/c1-12(2,3)7-5-20-11(15-7)16-10(19)6-4-8(13)17-18-9(6)14/h4-5H,1-3H3,(H,15,16,19). The maximum atomic E-state index is 12.1. The molecule has 0 radical (unpaired) electrons. The van der Waals surface area contributed by atoms with Gasteiger partial charge in [0.2, 0.25) is 0 Å². The van der Waals surface area contributed by atoms with E-state index in [1.165, 1.54) is 17.4 Å². The SMILES string of the molecule is CC(C)(C)c1csc(NC(=O)c2cc(Cl)nnc2Cl)n1. The molecule has 8 heteroatoms. The van der Waals surface area contributed by atoms with Crippen LogP contribution in [0.1, 0.15) is 36.8 Å². The largest absolute Gasteiger partial charge is 0.298 e. The summed E-state index contributed by atoms with van der Waals surface area (Å²) in [6.45, 7) is 6.16. The summed E-state index contributed by atoms with van der Waals surface area (Å²) in [5.41, 5.74) is 1.01. The highest BCUT2D eigenvalue weighted by Gasteiger charge is 2.19. The first kappa shape index (κ1) is 15.2. The lowest BCUT2D eigenvalue weighted by atomic mass is 9.93. The third kappa shape index (κ3) is 3.45. The molecule has 0 aromatic carbocycles. The first-order valence-corrected chi connectivity index (χ1v) is 7.37. The van der Waals surface area contributed by atoms with Gasteiger partial charge in [-0.25, -0.2) is 4.98 Å². The van der Waals surface area contributed by atoms with Crippen LogP contribution >= 0.6 is 34.5 Å². The number of amides is 1. The van der Waals surface area contributed by atoms with E-state index in [2.05, 4.69) is 41.3 Å². The zero-order valence-electron chi connectivity index (χ0n) is 11.1. The summed E-state index contributed by atoms with van der Waals surface area (Å²) >= 11 is 12.9. The Labute approximate surface area is 130 Å². The van der Waals surface area contributed by atoms with Gasteiger partial charge in [-0.2, -0.15) is 0 Å². The number of halogens is 2. The van der Waals surface area contributed by atoms with Crippen molar-refractivity contribution in [3.05, 3.63) is 33.0 Å². The molecule has 0 bridgehead atoms.